The first-order valence-corrected chi connectivity index (χ1v) is 9.63. The first-order chi connectivity index (χ1) is 13.1. The molecule has 0 radical (unpaired) electrons. The summed E-state index contributed by atoms with van der Waals surface area (Å²) in [6.45, 7) is 6.93. The molecule has 2 aromatic rings. The van der Waals surface area contributed by atoms with Gasteiger partial charge in [0.05, 0.1) is 7.11 Å². The summed E-state index contributed by atoms with van der Waals surface area (Å²) in [5.41, 5.74) is 0. The number of likely N-dealkylation sites (tertiary alicyclic amines) is 1. The SMILES string of the molecule is COc1ccccc1OCC(=O)N1CCC(Cn2ccnc2C(C)C)CC1. The smallest absolute Gasteiger partial charge is 0.260 e. The Morgan fingerprint density at radius 1 is 1.22 bits per heavy atom. The molecular weight excluding hydrogens is 342 g/mol. The monoisotopic (exact) mass is 371 g/mol. The lowest BCUT2D eigenvalue weighted by Gasteiger charge is -2.32. The molecule has 6 nitrogen and oxygen atoms in total. The molecule has 1 saturated heterocycles. The third kappa shape index (κ3) is 4.81. The number of hydrogen-bond donors (Lipinski definition) is 0. The van der Waals surface area contributed by atoms with Gasteiger partial charge in [-0.2, -0.15) is 0 Å². The Morgan fingerprint density at radius 3 is 2.59 bits per heavy atom. The number of carbonyl (C=O) groups excluding carboxylic acids is 1. The normalized spacial score (nSPS) is 15.2. The maximum atomic E-state index is 12.5. The first kappa shape index (κ1) is 19.3. The van der Waals surface area contributed by atoms with E-state index in [0.717, 1.165) is 38.3 Å². The molecule has 3 rings (SSSR count). The van der Waals surface area contributed by atoms with Gasteiger partial charge in [-0.05, 0) is 30.9 Å². The van der Waals surface area contributed by atoms with Gasteiger partial charge >= 0.3 is 0 Å². The van der Waals surface area contributed by atoms with E-state index in [1.165, 1.54) is 0 Å². The average molecular weight is 371 g/mol. The van der Waals surface area contributed by atoms with Crippen LogP contribution in [0, 0.1) is 5.92 Å². The van der Waals surface area contributed by atoms with E-state index in [-0.39, 0.29) is 12.5 Å². The van der Waals surface area contributed by atoms with Crippen LogP contribution < -0.4 is 9.47 Å². The molecule has 1 aromatic heterocycles. The number of rotatable bonds is 7. The lowest BCUT2D eigenvalue weighted by atomic mass is 9.96. The van der Waals surface area contributed by atoms with E-state index in [0.29, 0.717) is 23.3 Å². The summed E-state index contributed by atoms with van der Waals surface area (Å²) in [4.78, 5) is 18.9. The van der Waals surface area contributed by atoms with Crippen LogP contribution >= 0.6 is 0 Å². The highest BCUT2D eigenvalue weighted by molar-refractivity contribution is 5.78. The van der Waals surface area contributed by atoms with Crippen LogP contribution in [0.25, 0.3) is 0 Å². The van der Waals surface area contributed by atoms with E-state index < -0.39 is 0 Å². The Kier molecular flexibility index (Phi) is 6.37. The molecule has 0 bridgehead atoms. The van der Waals surface area contributed by atoms with E-state index in [4.69, 9.17) is 9.47 Å². The van der Waals surface area contributed by atoms with E-state index in [1.54, 1.807) is 7.11 Å². The Morgan fingerprint density at radius 2 is 1.93 bits per heavy atom. The summed E-state index contributed by atoms with van der Waals surface area (Å²) in [5.74, 6) is 3.42. The summed E-state index contributed by atoms with van der Waals surface area (Å²) in [7, 11) is 1.60. The molecule has 6 heteroatoms. The third-order valence-electron chi connectivity index (χ3n) is 5.11. The summed E-state index contributed by atoms with van der Waals surface area (Å²) >= 11 is 0. The number of piperidine rings is 1. The number of imidazole rings is 1. The highest BCUT2D eigenvalue weighted by Crippen LogP contribution is 2.26. The van der Waals surface area contributed by atoms with Crippen LogP contribution in [0.4, 0.5) is 0 Å². The van der Waals surface area contributed by atoms with Crippen molar-refractivity contribution >= 4 is 5.91 Å². The molecule has 27 heavy (non-hydrogen) atoms. The summed E-state index contributed by atoms with van der Waals surface area (Å²) in [6.07, 6.45) is 5.96. The molecule has 2 heterocycles. The fourth-order valence-corrected chi connectivity index (χ4v) is 3.59. The summed E-state index contributed by atoms with van der Waals surface area (Å²) in [6, 6.07) is 7.39. The Balaban J connectivity index is 1.47. The zero-order valence-electron chi connectivity index (χ0n) is 16.4. The molecule has 0 spiro atoms. The molecule has 1 aliphatic heterocycles. The molecule has 0 saturated carbocycles. The van der Waals surface area contributed by atoms with Crippen molar-refractivity contribution in [3.63, 3.8) is 0 Å². The van der Waals surface area contributed by atoms with Gasteiger partial charge in [0, 0.05) is 37.9 Å². The van der Waals surface area contributed by atoms with Gasteiger partial charge in [0.1, 0.15) is 5.82 Å². The van der Waals surface area contributed by atoms with Crippen molar-refractivity contribution in [2.75, 3.05) is 26.8 Å². The van der Waals surface area contributed by atoms with Crippen LogP contribution in [-0.2, 0) is 11.3 Å². The zero-order valence-corrected chi connectivity index (χ0v) is 16.4. The Bertz CT molecular complexity index is 749. The van der Waals surface area contributed by atoms with Crippen molar-refractivity contribution in [1.29, 1.82) is 0 Å². The summed E-state index contributed by atoms with van der Waals surface area (Å²) in [5, 5.41) is 0. The van der Waals surface area contributed by atoms with Gasteiger partial charge in [-0.1, -0.05) is 26.0 Å². The molecule has 0 aliphatic carbocycles. The van der Waals surface area contributed by atoms with Crippen LogP contribution in [-0.4, -0.2) is 47.2 Å². The standard InChI is InChI=1S/C21H29N3O3/c1-16(2)21-22-10-13-24(21)14-17-8-11-23(12-9-17)20(25)15-27-19-7-5-4-6-18(19)26-3/h4-7,10,13,16-17H,8-9,11-12,14-15H2,1-3H3. The molecule has 0 N–H and O–H groups in total. The predicted octanol–water partition coefficient (Wildman–Crippen LogP) is 3.33. The highest BCUT2D eigenvalue weighted by atomic mass is 16.5. The Hall–Kier alpha value is -2.50. The maximum Gasteiger partial charge on any atom is 0.260 e. The second kappa shape index (κ2) is 8.93. The second-order valence-corrected chi connectivity index (χ2v) is 7.36. The molecule has 1 aliphatic rings. The largest absolute Gasteiger partial charge is 0.493 e. The molecule has 1 amide bonds. The number of amides is 1. The van der Waals surface area contributed by atoms with Crippen LogP contribution in [0.1, 0.15) is 38.4 Å². The van der Waals surface area contributed by atoms with Gasteiger partial charge < -0.3 is 18.9 Å². The predicted molar refractivity (Wildman–Crippen MR) is 104 cm³/mol. The third-order valence-corrected chi connectivity index (χ3v) is 5.11. The number of para-hydroxylation sites is 2. The topological polar surface area (TPSA) is 56.6 Å². The summed E-state index contributed by atoms with van der Waals surface area (Å²) < 4.78 is 13.2. The number of ether oxygens (including phenoxy) is 2. The molecule has 1 fully saturated rings. The van der Waals surface area contributed by atoms with Crippen molar-refractivity contribution < 1.29 is 14.3 Å². The number of benzene rings is 1. The van der Waals surface area contributed by atoms with E-state index >= 15 is 0 Å². The van der Waals surface area contributed by atoms with Crippen LogP contribution in [0.2, 0.25) is 0 Å². The van der Waals surface area contributed by atoms with Gasteiger partial charge in [-0.3, -0.25) is 4.79 Å². The second-order valence-electron chi connectivity index (χ2n) is 7.36. The lowest BCUT2D eigenvalue weighted by Crippen LogP contribution is -2.41. The van der Waals surface area contributed by atoms with Gasteiger partial charge in [0.25, 0.3) is 5.91 Å². The van der Waals surface area contributed by atoms with Crippen LogP contribution in [0.5, 0.6) is 11.5 Å². The molecule has 1 aromatic carbocycles. The number of hydrogen-bond acceptors (Lipinski definition) is 4. The molecule has 0 atom stereocenters. The number of nitrogens with zero attached hydrogens (tertiary/aromatic N) is 3. The van der Waals surface area contributed by atoms with Crippen molar-refractivity contribution in [2.24, 2.45) is 5.92 Å². The quantitative estimate of drug-likeness (QED) is 0.749. The number of carbonyl (C=O) groups is 1. The molecular formula is C21H29N3O3. The van der Waals surface area contributed by atoms with Crippen LogP contribution in [0.3, 0.4) is 0 Å². The van der Waals surface area contributed by atoms with Crippen molar-refractivity contribution in [2.45, 2.75) is 39.2 Å². The van der Waals surface area contributed by atoms with E-state index in [9.17, 15) is 4.79 Å². The molecule has 146 valence electrons. The average Bonchev–Trinajstić information content (AvgIpc) is 3.15. The van der Waals surface area contributed by atoms with E-state index in [1.807, 2.05) is 35.4 Å². The fourth-order valence-electron chi connectivity index (χ4n) is 3.59. The van der Waals surface area contributed by atoms with Gasteiger partial charge in [0.15, 0.2) is 18.1 Å². The van der Waals surface area contributed by atoms with Crippen molar-refractivity contribution in [3.05, 3.63) is 42.5 Å². The van der Waals surface area contributed by atoms with E-state index in [2.05, 4.69) is 29.6 Å². The first-order valence-electron chi connectivity index (χ1n) is 9.63. The minimum absolute atomic E-state index is 0.0323. The minimum atomic E-state index is 0.0323. The van der Waals surface area contributed by atoms with Gasteiger partial charge in [-0.15, -0.1) is 0 Å². The van der Waals surface area contributed by atoms with Crippen LogP contribution in [0.15, 0.2) is 36.7 Å². The van der Waals surface area contributed by atoms with Gasteiger partial charge in [-0.25, -0.2) is 4.98 Å². The van der Waals surface area contributed by atoms with Gasteiger partial charge in [0.2, 0.25) is 0 Å². The minimum Gasteiger partial charge on any atom is -0.493 e. The van der Waals surface area contributed by atoms with Crippen molar-refractivity contribution in [1.82, 2.24) is 14.5 Å². The molecule has 0 unspecified atom stereocenters. The maximum absolute atomic E-state index is 12.5. The Labute approximate surface area is 161 Å². The number of methoxy groups -OCH3 is 1. The fraction of sp³-hybridized carbons (Fsp3) is 0.524. The lowest BCUT2D eigenvalue weighted by molar-refractivity contribution is -0.134. The number of aromatic nitrogens is 2. The van der Waals surface area contributed by atoms with Crippen molar-refractivity contribution in [3.8, 4) is 11.5 Å². The highest BCUT2D eigenvalue weighted by Gasteiger charge is 2.24. The zero-order chi connectivity index (χ0) is 19.2.